The third-order valence-corrected chi connectivity index (χ3v) is 4.00. The molecule has 0 bridgehead atoms. The molecule has 0 aliphatic carbocycles. The highest BCUT2D eigenvalue weighted by atomic mass is 32.3. The van der Waals surface area contributed by atoms with Crippen LogP contribution in [-0.2, 0) is 23.4 Å². The van der Waals surface area contributed by atoms with Gasteiger partial charge in [-0.3, -0.25) is 8.42 Å². The van der Waals surface area contributed by atoms with Crippen LogP contribution < -0.4 is 10.3 Å². The van der Waals surface area contributed by atoms with Crippen molar-refractivity contribution in [1.29, 1.82) is 0 Å². The van der Waals surface area contributed by atoms with Crippen LogP contribution in [-0.4, -0.2) is 39.2 Å². The molecule has 0 unspecified atom stereocenters. The van der Waals surface area contributed by atoms with E-state index in [1.807, 2.05) is 19.4 Å². The molecule has 0 spiro atoms. The summed E-state index contributed by atoms with van der Waals surface area (Å²) >= 11 is 1.65. The second-order valence-electron chi connectivity index (χ2n) is 4.57. The number of thiazole rings is 1. The molecule has 0 atom stereocenters. The molecular formula is C12H17N4O5S2-. The number of aryl methyl sites for hydroxylation is 1. The maximum atomic E-state index is 8.98. The number of hydrogen-bond acceptors (Lipinski definition) is 9. The van der Waals surface area contributed by atoms with Crippen LogP contribution in [0, 0.1) is 13.8 Å². The summed E-state index contributed by atoms with van der Waals surface area (Å²) in [6, 6.07) is 0. The van der Waals surface area contributed by atoms with Crippen LogP contribution >= 0.6 is 11.3 Å². The molecule has 0 saturated heterocycles. The Balaban J connectivity index is 0.000000463. The Labute approximate surface area is 138 Å². The van der Waals surface area contributed by atoms with Crippen molar-refractivity contribution in [2.45, 2.75) is 26.8 Å². The van der Waals surface area contributed by atoms with E-state index in [-0.39, 0.29) is 6.61 Å². The highest BCUT2D eigenvalue weighted by Crippen LogP contribution is 2.13. The SMILES string of the molecule is Cc1ncc(C[n+]2csc(CCO)c2C)c(N)n1.O=S(=O)([O-])[O-]. The molecular weight excluding hydrogens is 344 g/mol. The van der Waals surface area contributed by atoms with Crippen LogP contribution in [0.15, 0.2) is 11.7 Å². The molecule has 11 heteroatoms. The van der Waals surface area contributed by atoms with E-state index in [1.54, 1.807) is 17.5 Å². The van der Waals surface area contributed by atoms with E-state index >= 15 is 0 Å². The van der Waals surface area contributed by atoms with Gasteiger partial charge in [0.1, 0.15) is 11.6 Å². The molecule has 2 aromatic rings. The van der Waals surface area contributed by atoms with E-state index in [9.17, 15) is 0 Å². The van der Waals surface area contributed by atoms with Crippen molar-refractivity contribution in [3.05, 3.63) is 33.7 Å². The van der Waals surface area contributed by atoms with Gasteiger partial charge in [0.05, 0.1) is 10.4 Å². The Morgan fingerprint density at radius 3 is 2.52 bits per heavy atom. The van der Waals surface area contributed by atoms with Gasteiger partial charge in [0, 0.05) is 36.5 Å². The van der Waals surface area contributed by atoms with E-state index in [2.05, 4.69) is 14.5 Å². The van der Waals surface area contributed by atoms with Crippen molar-refractivity contribution in [3.8, 4) is 0 Å². The Bertz CT molecular complexity index is 753. The number of hydrogen-bond donors (Lipinski definition) is 2. The van der Waals surface area contributed by atoms with Crippen LogP contribution in [0.3, 0.4) is 0 Å². The van der Waals surface area contributed by atoms with Gasteiger partial charge in [-0.05, 0) is 6.92 Å². The van der Waals surface area contributed by atoms with Gasteiger partial charge in [-0.2, -0.15) is 4.57 Å². The first-order chi connectivity index (χ1) is 10.6. The van der Waals surface area contributed by atoms with E-state index in [1.165, 1.54) is 4.88 Å². The Morgan fingerprint density at radius 1 is 1.39 bits per heavy atom. The highest BCUT2D eigenvalue weighted by Gasteiger charge is 2.16. The number of anilines is 1. The zero-order chi connectivity index (χ0) is 17.6. The van der Waals surface area contributed by atoms with Crippen molar-refractivity contribution in [2.75, 3.05) is 12.3 Å². The lowest BCUT2D eigenvalue weighted by Crippen LogP contribution is -2.35. The summed E-state index contributed by atoms with van der Waals surface area (Å²) < 4.78 is 36.2. The van der Waals surface area contributed by atoms with Crippen molar-refractivity contribution in [2.24, 2.45) is 0 Å². The number of nitrogen functional groups attached to an aromatic ring is 1. The molecule has 0 radical (unpaired) electrons. The van der Waals surface area contributed by atoms with Crippen molar-refractivity contribution < 1.29 is 27.2 Å². The van der Waals surface area contributed by atoms with Gasteiger partial charge in [0.2, 0.25) is 5.51 Å². The molecule has 128 valence electrons. The topological polar surface area (TPSA) is 156 Å². The first kappa shape index (κ1) is 19.4. The van der Waals surface area contributed by atoms with Gasteiger partial charge in [-0.1, -0.05) is 11.3 Å². The molecule has 2 rings (SSSR count). The Morgan fingerprint density at radius 2 is 2.00 bits per heavy atom. The summed E-state index contributed by atoms with van der Waals surface area (Å²) in [5.74, 6) is 1.22. The molecule has 9 nitrogen and oxygen atoms in total. The maximum absolute atomic E-state index is 8.98. The predicted molar refractivity (Wildman–Crippen MR) is 80.8 cm³/mol. The normalized spacial score (nSPS) is 11.0. The lowest BCUT2D eigenvalue weighted by atomic mass is 10.2. The standard InChI is InChI=1S/C12H17N4OS.H2O4S/c1-8-11(3-4-17)18-7-16(8)6-10-5-14-9(2)15-12(10)13;1-5(2,3)4/h5,7,17H,3-4,6H2,1-2H3,(H2,13,14,15);(H2,1,2,3,4)/q+1;/p-2. The van der Waals surface area contributed by atoms with E-state index in [0.717, 1.165) is 11.3 Å². The minimum atomic E-state index is -5.17. The molecule has 0 fully saturated rings. The van der Waals surface area contributed by atoms with Crippen LogP contribution in [0.2, 0.25) is 0 Å². The number of aliphatic hydroxyl groups is 1. The van der Waals surface area contributed by atoms with Crippen molar-refractivity contribution >= 4 is 27.6 Å². The van der Waals surface area contributed by atoms with Crippen molar-refractivity contribution in [3.63, 3.8) is 0 Å². The average molecular weight is 361 g/mol. The smallest absolute Gasteiger partial charge is 0.225 e. The minimum Gasteiger partial charge on any atom is -0.759 e. The van der Waals surface area contributed by atoms with Gasteiger partial charge in [0.15, 0.2) is 12.2 Å². The number of rotatable bonds is 4. The van der Waals surface area contributed by atoms with Crippen LogP contribution in [0.4, 0.5) is 5.82 Å². The summed E-state index contributed by atoms with van der Waals surface area (Å²) in [6.07, 6.45) is 2.47. The molecule has 0 aliphatic heterocycles. The second kappa shape index (κ2) is 8.26. The second-order valence-corrected chi connectivity index (χ2v) is 6.33. The number of nitrogens with two attached hydrogens (primary N) is 1. The first-order valence-electron chi connectivity index (χ1n) is 6.43. The van der Waals surface area contributed by atoms with Gasteiger partial charge in [0.25, 0.3) is 0 Å². The fraction of sp³-hybridized carbons (Fsp3) is 0.417. The maximum Gasteiger partial charge on any atom is 0.225 e. The molecule has 23 heavy (non-hydrogen) atoms. The summed E-state index contributed by atoms with van der Waals surface area (Å²) in [4.78, 5) is 9.53. The number of nitrogens with zero attached hydrogens (tertiary/aromatic N) is 3. The summed E-state index contributed by atoms with van der Waals surface area (Å²) in [5, 5.41) is 8.98. The van der Waals surface area contributed by atoms with Crippen molar-refractivity contribution in [1.82, 2.24) is 9.97 Å². The molecule has 2 heterocycles. The largest absolute Gasteiger partial charge is 0.759 e. The third kappa shape index (κ3) is 6.97. The zero-order valence-corrected chi connectivity index (χ0v) is 14.2. The lowest BCUT2D eigenvalue weighted by Gasteiger charge is -2.06. The zero-order valence-electron chi connectivity index (χ0n) is 12.6. The summed E-state index contributed by atoms with van der Waals surface area (Å²) in [6.45, 7) is 4.71. The van der Waals surface area contributed by atoms with Gasteiger partial charge in [-0.15, -0.1) is 0 Å². The van der Waals surface area contributed by atoms with Gasteiger partial charge in [-0.25, -0.2) is 9.97 Å². The van der Waals surface area contributed by atoms with Crippen LogP contribution in [0.1, 0.15) is 22.0 Å². The summed E-state index contributed by atoms with van der Waals surface area (Å²) in [7, 11) is -5.17. The molecule has 3 N–H and O–H groups in total. The lowest BCUT2D eigenvalue weighted by molar-refractivity contribution is -0.689. The molecule has 2 aromatic heterocycles. The Kier molecular flexibility index (Phi) is 6.97. The predicted octanol–water partition coefficient (Wildman–Crippen LogP) is -0.730. The molecule has 0 saturated carbocycles. The van der Waals surface area contributed by atoms with Crippen LogP contribution in [0.5, 0.6) is 0 Å². The third-order valence-electron chi connectivity index (χ3n) is 2.85. The van der Waals surface area contributed by atoms with E-state index in [0.29, 0.717) is 24.6 Å². The van der Waals surface area contributed by atoms with Gasteiger partial charge >= 0.3 is 0 Å². The summed E-state index contributed by atoms with van der Waals surface area (Å²) in [5.41, 5.74) is 10.0. The van der Waals surface area contributed by atoms with E-state index in [4.69, 9.17) is 28.4 Å². The number of aromatic nitrogens is 3. The molecule has 0 aromatic carbocycles. The number of aliphatic hydroxyl groups excluding tert-OH is 1. The molecule has 0 amide bonds. The van der Waals surface area contributed by atoms with Gasteiger partial charge < -0.3 is 19.9 Å². The highest BCUT2D eigenvalue weighted by molar-refractivity contribution is 7.79. The fourth-order valence-electron chi connectivity index (χ4n) is 1.77. The van der Waals surface area contributed by atoms with E-state index < -0.39 is 10.4 Å². The minimum absolute atomic E-state index is 0.178. The first-order valence-corrected chi connectivity index (χ1v) is 8.65. The monoisotopic (exact) mass is 361 g/mol. The fourth-order valence-corrected chi connectivity index (χ4v) is 2.75. The molecule has 0 aliphatic rings. The Hall–Kier alpha value is -1.66. The quantitative estimate of drug-likeness (QED) is 0.410. The average Bonchev–Trinajstić information content (AvgIpc) is 2.73. The van der Waals surface area contributed by atoms with Crippen LogP contribution in [0.25, 0.3) is 0 Å².